The summed E-state index contributed by atoms with van der Waals surface area (Å²) in [6, 6.07) is 0. The number of rotatable bonds is 0. The molecule has 11 heavy (non-hydrogen) atoms. The van der Waals surface area contributed by atoms with Crippen LogP contribution in [0.25, 0.3) is 0 Å². The SMILES string of the molecule is CCO.O.O=P(O)(O)O.[Na+].[OH-]. The number of hydrogen-bond acceptors (Lipinski definition) is 3. The number of hydrogen-bond donors (Lipinski definition) is 4. The summed E-state index contributed by atoms with van der Waals surface area (Å²) >= 11 is 0. The molecule has 0 aromatic heterocycles. The van der Waals surface area contributed by atoms with Crippen LogP contribution in [0.5, 0.6) is 0 Å². The summed E-state index contributed by atoms with van der Waals surface area (Å²) in [5, 5.41) is 7.57. The largest absolute Gasteiger partial charge is 1.00 e. The van der Waals surface area contributed by atoms with Gasteiger partial charge in [0.2, 0.25) is 0 Å². The predicted molar refractivity (Wildman–Crippen MR) is 32.6 cm³/mol. The molecule has 0 radical (unpaired) electrons. The molecule has 0 aliphatic heterocycles. The van der Waals surface area contributed by atoms with Crippen LogP contribution in [0.1, 0.15) is 6.92 Å². The Hall–Kier alpha value is 0.990. The van der Waals surface area contributed by atoms with Crippen LogP contribution >= 0.6 is 7.82 Å². The van der Waals surface area contributed by atoms with Crippen molar-refractivity contribution in [2.45, 2.75) is 6.92 Å². The molecular weight excluding hydrogens is 190 g/mol. The number of aliphatic hydroxyl groups excluding tert-OH is 1. The molecule has 0 aromatic rings. The smallest absolute Gasteiger partial charge is 0.870 e. The number of phosphoric acid groups is 1. The van der Waals surface area contributed by atoms with Gasteiger partial charge in [0, 0.05) is 6.61 Å². The van der Waals surface area contributed by atoms with E-state index in [9.17, 15) is 0 Å². The normalized spacial score (nSPS) is 7.00. The van der Waals surface area contributed by atoms with E-state index in [1.165, 1.54) is 0 Å². The molecule has 0 bridgehead atoms. The van der Waals surface area contributed by atoms with Gasteiger partial charge >= 0.3 is 37.4 Å². The van der Waals surface area contributed by atoms with Gasteiger partial charge in [0.25, 0.3) is 0 Å². The first kappa shape index (κ1) is 29.6. The average Bonchev–Trinajstić information content (AvgIpc) is 1.27. The summed E-state index contributed by atoms with van der Waals surface area (Å²) in [5.41, 5.74) is 0. The zero-order valence-corrected chi connectivity index (χ0v) is 9.19. The van der Waals surface area contributed by atoms with E-state index in [0.29, 0.717) is 0 Å². The maximum atomic E-state index is 8.88. The Balaban J connectivity index is -0.0000000183. The molecule has 0 amide bonds. The molecule has 0 aromatic carbocycles. The van der Waals surface area contributed by atoms with Crippen molar-refractivity contribution in [2.24, 2.45) is 0 Å². The summed E-state index contributed by atoms with van der Waals surface area (Å²) in [6.07, 6.45) is 0. The molecule has 0 atom stereocenters. The molecule has 9 heteroatoms. The van der Waals surface area contributed by atoms with Gasteiger partial charge in [-0.2, -0.15) is 0 Å². The Morgan fingerprint density at radius 3 is 1.27 bits per heavy atom. The second kappa shape index (κ2) is 17.2. The zero-order valence-electron chi connectivity index (χ0n) is 6.30. The van der Waals surface area contributed by atoms with Crippen molar-refractivity contribution in [1.29, 1.82) is 0 Å². The summed E-state index contributed by atoms with van der Waals surface area (Å²) in [4.78, 5) is 21.6. The summed E-state index contributed by atoms with van der Waals surface area (Å²) in [6.45, 7) is 1.93. The van der Waals surface area contributed by atoms with Gasteiger partial charge in [-0.05, 0) is 6.92 Å². The van der Waals surface area contributed by atoms with Gasteiger partial charge in [0.05, 0.1) is 0 Å². The van der Waals surface area contributed by atoms with Gasteiger partial charge in [-0.25, -0.2) is 4.57 Å². The summed E-state index contributed by atoms with van der Waals surface area (Å²) < 4.78 is 8.88. The molecule has 0 spiro atoms. The van der Waals surface area contributed by atoms with Gasteiger partial charge in [0.15, 0.2) is 0 Å². The van der Waals surface area contributed by atoms with E-state index in [1.54, 1.807) is 6.92 Å². The fourth-order valence-electron chi connectivity index (χ4n) is 0. The number of aliphatic hydroxyl groups is 1. The fraction of sp³-hybridized carbons (Fsp3) is 1.00. The molecule has 0 saturated carbocycles. The zero-order chi connectivity index (χ0) is 7.21. The minimum atomic E-state index is -4.64. The van der Waals surface area contributed by atoms with E-state index >= 15 is 0 Å². The minimum Gasteiger partial charge on any atom is -0.870 e. The maximum Gasteiger partial charge on any atom is 1.00 e. The quantitative estimate of drug-likeness (QED) is 0.227. The molecule has 0 fully saturated rings. The van der Waals surface area contributed by atoms with E-state index in [2.05, 4.69) is 0 Å². The van der Waals surface area contributed by atoms with Crippen molar-refractivity contribution in [3.63, 3.8) is 0 Å². The van der Waals surface area contributed by atoms with Gasteiger partial charge in [0.1, 0.15) is 0 Å². The third-order valence-electron chi connectivity index (χ3n) is 0. The van der Waals surface area contributed by atoms with Crippen LogP contribution < -0.4 is 29.6 Å². The Labute approximate surface area is 86.2 Å². The monoisotopic (exact) mass is 202 g/mol. The first-order valence-corrected chi connectivity index (χ1v) is 3.37. The van der Waals surface area contributed by atoms with Crippen molar-refractivity contribution < 1.29 is 64.9 Å². The molecule has 7 N–H and O–H groups in total. The Kier molecular flexibility index (Phi) is 46.3. The molecular formula is C2H12NaO7P. The molecule has 68 valence electrons. The molecule has 0 saturated heterocycles. The van der Waals surface area contributed by atoms with Gasteiger partial charge in [-0.15, -0.1) is 0 Å². The molecule has 0 aliphatic carbocycles. The van der Waals surface area contributed by atoms with Gasteiger partial charge in [-0.3, -0.25) is 0 Å². The summed E-state index contributed by atoms with van der Waals surface area (Å²) in [7, 11) is -4.64. The third kappa shape index (κ3) is 906. The van der Waals surface area contributed by atoms with Crippen LogP contribution in [0.2, 0.25) is 0 Å². The first-order valence-electron chi connectivity index (χ1n) is 1.81. The molecule has 0 unspecified atom stereocenters. The van der Waals surface area contributed by atoms with Crippen LogP contribution in [-0.2, 0) is 4.57 Å². The fourth-order valence-corrected chi connectivity index (χ4v) is 0. The van der Waals surface area contributed by atoms with Crippen molar-refractivity contribution in [3.05, 3.63) is 0 Å². The summed E-state index contributed by atoms with van der Waals surface area (Å²) in [5.74, 6) is 0. The first-order chi connectivity index (χ1) is 3.41. The molecule has 0 aliphatic rings. The van der Waals surface area contributed by atoms with Crippen LogP contribution in [0.4, 0.5) is 0 Å². The van der Waals surface area contributed by atoms with Crippen LogP contribution in [-0.4, -0.2) is 37.3 Å². The van der Waals surface area contributed by atoms with Crippen LogP contribution in [0, 0.1) is 0 Å². The van der Waals surface area contributed by atoms with E-state index in [4.69, 9.17) is 24.4 Å². The van der Waals surface area contributed by atoms with Crippen LogP contribution in [0.3, 0.4) is 0 Å². The molecule has 0 heterocycles. The average molecular weight is 202 g/mol. The Morgan fingerprint density at radius 2 is 1.27 bits per heavy atom. The van der Waals surface area contributed by atoms with Gasteiger partial charge < -0.3 is 30.7 Å². The second-order valence-corrected chi connectivity index (χ2v) is 1.86. The topological polar surface area (TPSA) is 159 Å². The van der Waals surface area contributed by atoms with Crippen molar-refractivity contribution in [2.75, 3.05) is 6.61 Å². The van der Waals surface area contributed by atoms with Crippen molar-refractivity contribution in [3.8, 4) is 0 Å². The van der Waals surface area contributed by atoms with E-state index < -0.39 is 7.82 Å². The van der Waals surface area contributed by atoms with Gasteiger partial charge in [-0.1, -0.05) is 0 Å². The standard InChI is InChI=1S/C2H6O.Na.H3O4P.2H2O/c1-2-3;;1-5(2,3)4;;/h3H,2H2,1H3;;(H3,1,2,3,4);2*1H2/q;+1;;;/p-1. The van der Waals surface area contributed by atoms with E-state index in [1.807, 2.05) is 0 Å². The van der Waals surface area contributed by atoms with Crippen molar-refractivity contribution in [1.82, 2.24) is 0 Å². The van der Waals surface area contributed by atoms with E-state index in [0.717, 1.165) is 0 Å². The predicted octanol–water partition coefficient (Wildman–Crippen LogP) is -4.93. The molecule has 7 nitrogen and oxygen atoms in total. The molecule has 0 rings (SSSR count). The third-order valence-corrected chi connectivity index (χ3v) is 0. The van der Waals surface area contributed by atoms with E-state index in [-0.39, 0.29) is 47.1 Å². The maximum absolute atomic E-state index is 8.88. The Bertz CT molecular complexity index is 72.2. The van der Waals surface area contributed by atoms with Crippen LogP contribution in [0.15, 0.2) is 0 Å². The van der Waals surface area contributed by atoms with Crippen molar-refractivity contribution >= 4 is 7.82 Å². The Morgan fingerprint density at radius 1 is 1.27 bits per heavy atom. The minimum absolute atomic E-state index is 0. The second-order valence-electron chi connectivity index (χ2n) is 0.830.